The third-order valence-corrected chi connectivity index (χ3v) is 2.93. The molecule has 3 nitrogen and oxygen atoms in total. The fraction of sp³-hybridized carbons (Fsp3) is 0.667. The van der Waals surface area contributed by atoms with Gasteiger partial charge in [-0.3, -0.25) is 0 Å². The highest BCUT2D eigenvalue weighted by Crippen LogP contribution is 2.32. The van der Waals surface area contributed by atoms with E-state index in [4.69, 9.17) is 0 Å². The van der Waals surface area contributed by atoms with E-state index >= 15 is 0 Å². The molecular weight excluding hydrogens is 279 g/mol. The van der Waals surface area contributed by atoms with Crippen LogP contribution in [0.4, 0.5) is 24.8 Å². The van der Waals surface area contributed by atoms with E-state index in [1.54, 1.807) is 0 Å². The van der Waals surface area contributed by atoms with Crippen LogP contribution in [0.25, 0.3) is 0 Å². The standard InChI is InChI=1S/C15H24F3N3/c1-5-6-19-13-8-12(15(16,17)18)9-14(21-13)20-11(4)7-10(2)3/h8-11H,5-7H2,1-4H3,(H2,19,20,21). The SMILES string of the molecule is CCCNc1cc(C(F)(F)F)cc(NC(C)CC(C)C)n1. The van der Waals surface area contributed by atoms with E-state index in [9.17, 15) is 13.2 Å². The van der Waals surface area contributed by atoms with E-state index in [1.807, 2.05) is 13.8 Å². The first kappa shape index (κ1) is 17.6. The predicted molar refractivity (Wildman–Crippen MR) is 80.6 cm³/mol. The summed E-state index contributed by atoms with van der Waals surface area (Å²) in [4.78, 5) is 4.21. The van der Waals surface area contributed by atoms with Gasteiger partial charge in [-0.1, -0.05) is 20.8 Å². The molecule has 0 fully saturated rings. The molecule has 0 spiro atoms. The van der Waals surface area contributed by atoms with Crippen molar-refractivity contribution in [2.45, 2.75) is 52.8 Å². The van der Waals surface area contributed by atoms with Crippen LogP contribution in [0.2, 0.25) is 0 Å². The quantitative estimate of drug-likeness (QED) is 0.762. The summed E-state index contributed by atoms with van der Waals surface area (Å²) in [6, 6.07) is 2.18. The first-order valence-corrected chi connectivity index (χ1v) is 7.32. The van der Waals surface area contributed by atoms with Crippen LogP contribution in [-0.2, 0) is 6.18 Å². The molecule has 120 valence electrons. The van der Waals surface area contributed by atoms with Gasteiger partial charge < -0.3 is 10.6 Å². The van der Waals surface area contributed by atoms with Crippen LogP contribution in [-0.4, -0.2) is 17.6 Å². The van der Waals surface area contributed by atoms with Gasteiger partial charge >= 0.3 is 6.18 Å². The topological polar surface area (TPSA) is 37.0 Å². The molecule has 1 aromatic rings. The Hall–Kier alpha value is -1.46. The van der Waals surface area contributed by atoms with Crippen molar-refractivity contribution in [3.05, 3.63) is 17.7 Å². The molecule has 1 aromatic heterocycles. The van der Waals surface area contributed by atoms with E-state index in [1.165, 1.54) is 0 Å². The van der Waals surface area contributed by atoms with Crippen molar-refractivity contribution < 1.29 is 13.2 Å². The van der Waals surface area contributed by atoms with Crippen LogP contribution < -0.4 is 10.6 Å². The van der Waals surface area contributed by atoms with Gasteiger partial charge in [-0.15, -0.1) is 0 Å². The van der Waals surface area contributed by atoms with Gasteiger partial charge in [-0.25, -0.2) is 4.98 Å². The van der Waals surface area contributed by atoms with Crippen molar-refractivity contribution >= 4 is 11.6 Å². The van der Waals surface area contributed by atoms with Gasteiger partial charge in [-0.05, 0) is 37.8 Å². The van der Waals surface area contributed by atoms with E-state index < -0.39 is 11.7 Å². The van der Waals surface area contributed by atoms with Gasteiger partial charge in [0.05, 0.1) is 5.56 Å². The predicted octanol–water partition coefficient (Wildman–Crippen LogP) is 4.77. The zero-order chi connectivity index (χ0) is 16.0. The third-order valence-electron chi connectivity index (χ3n) is 2.93. The van der Waals surface area contributed by atoms with Crippen molar-refractivity contribution in [3.63, 3.8) is 0 Å². The number of hydrogen-bond donors (Lipinski definition) is 2. The lowest BCUT2D eigenvalue weighted by Gasteiger charge is -2.18. The third kappa shape index (κ3) is 6.23. The summed E-state index contributed by atoms with van der Waals surface area (Å²) in [7, 11) is 0. The second-order valence-corrected chi connectivity index (χ2v) is 5.73. The van der Waals surface area contributed by atoms with Gasteiger partial charge in [0.15, 0.2) is 0 Å². The Kier molecular flexibility index (Phi) is 6.30. The molecule has 0 aliphatic heterocycles. The first-order chi connectivity index (χ1) is 9.72. The minimum atomic E-state index is -4.37. The number of nitrogens with one attached hydrogen (secondary N) is 2. The highest BCUT2D eigenvalue weighted by Gasteiger charge is 2.31. The Morgan fingerprint density at radius 3 is 2.29 bits per heavy atom. The fourth-order valence-corrected chi connectivity index (χ4v) is 2.13. The number of pyridine rings is 1. The summed E-state index contributed by atoms with van der Waals surface area (Å²) in [6.45, 7) is 8.64. The molecule has 0 radical (unpaired) electrons. The molecule has 6 heteroatoms. The van der Waals surface area contributed by atoms with Crippen molar-refractivity contribution in [2.24, 2.45) is 5.92 Å². The number of halogens is 3. The Balaban J connectivity index is 2.95. The highest BCUT2D eigenvalue weighted by molar-refractivity contribution is 5.50. The van der Waals surface area contributed by atoms with Gasteiger partial charge in [-0.2, -0.15) is 13.2 Å². The molecule has 0 bridgehead atoms. The van der Waals surface area contributed by atoms with Crippen LogP contribution >= 0.6 is 0 Å². The van der Waals surface area contributed by atoms with Gasteiger partial charge in [0.2, 0.25) is 0 Å². The van der Waals surface area contributed by atoms with Crippen molar-refractivity contribution in [2.75, 3.05) is 17.2 Å². The molecule has 0 amide bonds. The smallest absolute Gasteiger partial charge is 0.370 e. The molecule has 0 saturated heterocycles. The van der Waals surface area contributed by atoms with E-state index in [2.05, 4.69) is 29.5 Å². The summed E-state index contributed by atoms with van der Waals surface area (Å²) in [5.41, 5.74) is -0.685. The maximum atomic E-state index is 12.9. The summed E-state index contributed by atoms with van der Waals surface area (Å²) < 4.78 is 38.8. The first-order valence-electron chi connectivity index (χ1n) is 7.32. The zero-order valence-electron chi connectivity index (χ0n) is 13.0. The summed E-state index contributed by atoms with van der Waals surface area (Å²) >= 11 is 0. The molecule has 0 aromatic carbocycles. The summed E-state index contributed by atoms with van der Waals surface area (Å²) in [5, 5.41) is 5.96. The monoisotopic (exact) mass is 303 g/mol. The number of hydrogen-bond acceptors (Lipinski definition) is 3. The maximum Gasteiger partial charge on any atom is 0.416 e. The van der Waals surface area contributed by atoms with Crippen molar-refractivity contribution in [1.82, 2.24) is 4.98 Å². The number of anilines is 2. The molecule has 2 N–H and O–H groups in total. The zero-order valence-corrected chi connectivity index (χ0v) is 13.0. The van der Waals surface area contributed by atoms with Gasteiger partial charge in [0.1, 0.15) is 11.6 Å². The molecule has 0 aliphatic rings. The minimum absolute atomic E-state index is 0.0695. The van der Waals surface area contributed by atoms with Crippen LogP contribution in [0, 0.1) is 5.92 Å². The van der Waals surface area contributed by atoms with Crippen molar-refractivity contribution in [1.29, 1.82) is 0 Å². The lowest BCUT2D eigenvalue weighted by atomic mass is 10.1. The molecule has 1 unspecified atom stereocenters. The Morgan fingerprint density at radius 2 is 1.76 bits per heavy atom. The average molecular weight is 303 g/mol. The average Bonchev–Trinajstić information content (AvgIpc) is 2.33. The minimum Gasteiger partial charge on any atom is -0.370 e. The second kappa shape index (κ2) is 7.52. The largest absolute Gasteiger partial charge is 0.416 e. The highest BCUT2D eigenvalue weighted by atomic mass is 19.4. The van der Waals surface area contributed by atoms with Crippen LogP contribution in [0.3, 0.4) is 0 Å². The molecule has 0 aliphatic carbocycles. The Morgan fingerprint density at radius 1 is 1.14 bits per heavy atom. The van der Waals surface area contributed by atoms with E-state index in [0.29, 0.717) is 12.5 Å². The lowest BCUT2D eigenvalue weighted by molar-refractivity contribution is -0.137. The Bertz CT molecular complexity index is 444. The molecule has 1 rings (SSSR count). The molecule has 1 heterocycles. The number of rotatable bonds is 7. The van der Waals surface area contributed by atoms with E-state index in [-0.39, 0.29) is 17.7 Å². The maximum absolute atomic E-state index is 12.9. The lowest BCUT2D eigenvalue weighted by Crippen LogP contribution is -2.19. The molecule has 21 heavy (non-hydrogen) atoms. The Labute approximate surface area is 124 Å². The molecular formula is C15H24F3N3. The van der Waals surface area contributed by atoms with Crippen LogP contribution in [0.15, 0.2) is 12.1 Å². The molecule has 1 atom stereocenters. The fourth-order valence-electron chi connectivity index (χ4n) is 2.13. The normalized spacial score (nSPS) is 13.3. The van der Waals surface area contributed by atoms with Gasteiger partial charge in [0, 0.05) is 12.6 Å². The molecule has 0 saturated carbocycles. The number of aromatic nitrogens is 1. The summed E-state index contributed by atoms with van der Waals surface area (Å²) in [6.07, 6.45) is -2.68. The number of nitrogens with zero attached hydrogens (tertiary/aromatic N) is 1. The van der Waals surface area contributed by atoms with Crippen LogP contribution in [0.1, 0.15) is 46.1 Å². The number of alkyl halides is 3. The second-order valence-electron chi connectivity index (χ2n) is 5.73. The van der Waals surface area contributed by atoms with E-state index in [0.717, 1.165) is 25.0 Å². The van der Waals surface area contributed by atoms with Crippen molar-refractivity contribution in [3.8, 4) is 0 Å². The van der Waals surface area contributed by atoms with Crippen LogP contribution in [0.5, 0.6) is 0 Å². The summed E-state index contributed by atoms with van der Waals surface area (Å²) in [5.74, 6) is 0.985. The van der Waals surface area contributed by atoms with Gasteiger partial charge in [0.25, 0.3) is 0 Å².